The van der Waals surface area contributed by atoms with E-state index in [-0.39, 0.29) is 11.2 Å². The highest BCUT2D eigenvalue weighted by Crippen LogP contribution is 2.38. The van der Waals surface area contributed by atoms with Gasteiger partial charge in [0.25, 0.3) is 0 Å². The van der Waals surface area contributed by atoms with Crippen LogP contribution in [0.1, 0.15) is 0 Å². The number of nitrogens with two attached hydrogens (primary N) is 1. The molecule has 11 nitrogen and oxygen atoms in total. The van der Waals surface area contributed by atoms with Crippen molar-refractivity contribution in [3.8, 4) is 0 Å². The third-order valence-electron chi connectivity index (χ3n) is 2.05. The maximum absolute atomic E-state index is 10.4. The number of aliphatic hydroxyl groups excluding tert-OH is 1. The van der Waals surface area contributed by atoms with Crippen LogP contribution < -0.4 is 5.73 Å². The van der Waals surface area contributed by atoms with Crippen molar-refractivity contribution in [2.24, 2.45) is 5.73 Å². The van der Waals surface area contributed by atoms with Crippen molar-refractivity contribution >= 4 is 24.4 Å². The lowest BCUT2D eigenvalue weighted by Crippen LogP contribution is -2.19. The summed E-state index contributed by atoms with van der Waals surface area (Å²) >= 11 is 0. The van der Waals surface area contributed by atoms with Gasteiger partial charge in [-0.2, -0.15) is 0 Å². The molecule has 110 valence electrons. The number of hydrogen-bond donors (Lipinski definition) is 4. The van der Waals surface area contributed by atoms with Crippen LogP contribution in [0.25, 0.3) is 11.1 Å². The van der Waals surface area contributed by atoms with Gasteiger partial charge < -0.3 is 25.2 Å². The van der Waals surface area contributed by atoms with E-state index in [0.29, 0.717) is 5.58 Å². The average molecular weight is 306 g/mol. The Balaban J connectivity index is 0.000000221. The molecule has 1 unspecified atom stereocenters. The first-order chi connectivity index (χ1) is 9.27. The van der Waals surface area contributed by atoms with Crippen molar-refractivity contribution in [3.05, 3.63) is 28.3 Å². The van der Waals surface area contributed by atoms with Crippen LogP contribution in [0.4, 0.5) is 5.69 Å². The topological polar surface area (TPSA) is 186 Å². The molecular weight excluding hydrogens is 295 g/mol. The molecule has 5 N–H and O–H groups in total. The molecule has 0 radical (unpaired) electrons. The van der Waals surface area contributed by atoms with Crippen molar-refractivity contribution in [2.45, 2.75) is 5.85 Å². The predicted molar refractivity (Wildman–Crippen MR) is 65.6 cm³/mol. The molecule has 2 aromatic rings. The van der Waals surface area contributed by atoms with Crippen LogP contribution in [-0.2, 0) is 4.57 Å². The number of hydrogen-bond acceptors (Lipinski definition) is 8. The van der Waals surface area contributed by atoms with Gasteiger partial charge in [0.1, 0.15) is 0 Å². The quantitative estimate of drug-likeness (QED) is 0.329. The van der Waals surface area contributed by atoms with Gasteiger partial charge in [0.15, 0.2) is 11.4 Å². The number of rotatable bonds is 3. The Bertz CT molecular complexity index is 639. The summed E-state index contributed by atoms with van der Waals surface area (Å²) in [5.74, 6) is -1.71. The maximum Gasteiger partial charge on any atom is 0.355 e. The predicted octanol–water partition coefficient (Wildman–Crippen LogP) is -0.428. The van der Waals surface area contributed by atoms with Gasteiger partial charge in [0, 0.05) is 17.9 Å². The standard InChI is InChI=1S/C6H3N3O3.C2H8NO4P/c10-9(11)4-2-1-3-5-6(4)7-8-12-5;3-1-2(4)8(5,6)7/h1-3H;2,4H,1,3H2,(H2,5,6,7). The van der Waals surface area contributed by atoms with E-state index < -0.39 is 24.9 Å². The number of benzene rings is 1. The smallest absolute Gasteiger partial charge is 0.355 e. The Morgan fingerprint density at radius 1 is 1.50 bits per heavy atom. The lowest BCUT2D eigenvalue weighted by molar-refractivity contribution is -0.383. The summed E-state index contributed by atoms with van der Waals surface area (Å²) < 4.78 is 14.6. The minimum absolute atomic E-state index is 0.0891. The van der Waals surface area contributed by atoms with Crippen LogP contribution in [0.15, 0.2) is 22.7 Å². The second-order valence-electron chi connectivity index (χ2n) is 3.46. The minimum atomic E-state index is -4.33. The zero-order valence-electron chi connectivity index (χ0n) is 9.86. The number of nitrogens with zero attached hydrogens (tertiary/aromatic N) is 3. The highest BCUT2D eigenvalue weighted by molar-refractivity contribution is 7.52. The fraction of sp³-hybridized carbons (Fsp3) is 0.250. The normalized spacial score (nSPS) is 12.6. The zero-order chi connectivity index (χ0) is 15.3. The molecule has 1 heterocycles. The molecule has 0 saturated heterocycles. The fourth-order valence-electron chi connectivity index (χ4n) is 1.07. The van der Waals surface area contributed by atoms with Crippen molar-refractivity contribution in [1.29, 1.82) is 0 Å². The molecule has 0 spiro atoms. The first-order valence-corrected chi connectivity index (χ1v) is 6.74. The largest absolute Gasteiger partial charge is 0.379 e. The lowest BCUT2D eigenvalue weighted by atomic mass is 10.3. The molecule has 0 fully saturated rings. The molecule has 0 bridgehead atoms. The Morgan fingerprint density at radius 3 is 2.60 bits per heavy atom. The zero-order valence-corrected chi connectivity index (χ0v) is 10.8. The third kappa shape index (κ3) is 4.05. The van der Waals surface area contributed by atoms with Crippen molar-refractivity contribution in [3.63, 3.8) is 0 Å². The highest BCUT2D eigenvalue weighted by atomic mass is 31.2. The first kappa shape index (κ1) is 16.1. The Hall–Kier alpha value is -1.91. The average Bonchev–Trinajstić information content (AvgIpc) is 2.85. The molecule has 0 amide bonds. The summed E-state index contributed by atoms with van der Waals surface area (Å²) in [5, 5.41) is 25.4. The van der Waals surface area contributed by atoms with Crippen LogP contribution in [0.5, 0.6) is 0 Å². The van der Waals surface area contributed by atoms with E-state index in [1.165, 1.54) is 12.1 Å². The van der Waals surface area contributed by atoms with E-state index in [2.05, 4.69) is 14.9 Å². The van der Waals surface area contributed by atoms with E-state index in [1.54, 1.807) is 6.07 Å². The number of aromatic nitrogens is 2. The van der Waals surface area contributed by atoms with E-state index in [1.807, 2.05) is 0 Å². The second kappa shape index (κ2) is 6.50. The summed E-state index contributed by atoms with van der Waals surface area (Å²) in [6.45, 7) is -0.412. The van der Waals surface area contributed by atoms with Gasteiger partial charge in [-0.3, -0.25) is 14.7 Å². The minimum Gasteiger partial charge on any atom is -0.379 e. The number of fused-ring (bicyclic) bond motifs is 1. The van der Waals surface area contributed by atoms with Crippen molar-refractivity contribution in [2.75, 3.05) is 6.54 Å². The van der Waals surface area contributed by atoms with E-state index in [4.69, 9.17) is 20.6 Å². The Labute approximate surface area is 111 Å². The van der Waals surface area contributed by atoms with Crippen LogP contribution in [0.2, 0.25) is 0 Å². The number of nitro benzene ring substituents is 1. The van der Waals surface area contributed by atoms with Crippen LogP contribution in [0.3, 0.4) is 0 Å². The highest BCUT2D eigenvalue weighted by Gasteiger charge is 2.23. The van der Waals surface area contributed by atoms with E-state index >= 15 is 0 Å². The molecule has 1 atom stereocenters. The summed E-state index contributed by atoms with van der Waals surface area (Å²) in [6, 6.07) is 4.45. The van der Waals surface area contributed by atoms with Gasteiger partial charge in [0.2, 0.25) is 5.52 Å². The van der Waals surface area contributed by atoms with Crippen molar-refractivity contribution < 1.29 is 28.9 Å². The van der Waals surface area contributed by atoms with Gasteiger partial charge in [0.05, 0.1) is 4.92 Å². The fourth-order valence-corrected chi connectivity index (χ4v) is 1.35. The van der Waals surface area contributed by atoms with Crippen molar-refractivity contribution in [1.82, 2.24) is 10.4 Å². The summed E-state index contributed by atoms with van der Waals surface area (Å²) in [7, 11) is -4.33. The first-order valence-electron chi connectivity index (χ1n) is 5.06. The molecule has 2 rings (SSSR count). The van der Waals surface area contributed by atoms with Crippen LogP contribution in [-0.4, -0.2) is 42.6 Å². The lowest BCUT2D eigenvalue weighted by Gasteiger charge is -2.07. The van der Waals surface area contributed by atoms with E-state index in [9.17, 15) is 14.7 Å². The number of nitro groups is 1. The molecule has 20 heavy (non-hydrogen) atoms. The number of non-ortho nitro benzene ring substituents is 1. The van der Waals surface area contributed by atoms with Gasteiger partial charge in [-0.25, -0.2) is 0 Å². The Kier molecular flexibility index (Phi) is 5.25. The molecule has 12 heteroatoms. The van der Waals surface area contributed by atoms with Crippen LogP contribution >= 0.6 is 7.60 Å². The van der Waals surface area contributed by atoms with Gasteiger partial charge in [-0.05, 0) is 6.07 Å². The molecule has 0 aliphatic rings. The monoisotopic (exact) mass is 306 g/mol. The molecule has 1 aromatic heterocycles. The SMILES string of the molecule is NCC(O)P(=O)(O)O.O=[N+]([O-])c1cccc2onnc12. The van der Waals surface area contributed by atoms with Gasteiger partial charge >= 0.3 is 13.3 Å². The molecule has 1 aromatic carbocycles. The molecule has 0 aliphatic heterocycles. The van der Waals surface area contributed by atoms with Gasteiger partial charge in [-0.15, -0.1) is 5.10 Å². The Morgan fingerprint density at radius 2 is 2.15 bits per heavy atom. The number of aliphatic hydroxyl groups is 1. The molecular formula is C8H11N4O7P. The second-order valence-corrected chi connectivity index (χ2v) is 5.23. The van der Waals surface area contributed by atoms with E-state index in [0.717, 1.165) is 0 Å². The molecule has 0 aliphatic carbocycles. The maximum atomic E-state index is 10.4. The third-order valence-corrected chi connectivity index (χ3v) is 3.04. The van der Waals surface area contributed by atoms with Crippen LogP contribution in [0, 0.1) is 10.1 Å². The van der Waals surface area contributed by atoms with Gasteiger partial charge in [-0.1, -0.05) is 6.07 Å². The summed E-state index contributed by atoms with van der Waals surface area (Å²) in [4.78, 5) is 26.0. The summed E-state index contributed by atoms with van der Waals surface area (Å²) in [5.41, 5.74) is 5.13. The summed E-state index contributed by atoms with van der Waals surface area (Å²) in [6.07, 6.45) is 0. The molecule has 0 saturated carbocycles.